The molecule has 0 bridgehead atoms. The molecule has 0 aliphatic rings. The first kappa shape index (κ1) is 13.0. The van der Waals surface area contributed by atoms with Crippen LogP contribution in [-0.4, -0.2) is 4.98 Å². The summed E-state index contributed by atoms with van der Waals surface area (Å²) in [4.78, 5) is 3.83. The normalized spacial score (nSPS) is 10.0. The molecule has 1 aromatic heterocycles. The lowest BCUT2D eigenvalue weighted by Gasteiger charge is -2.10. The van der Waals surface area contributed by atoms with Crippen LogP contribution in [0, 0.1) is 29.9 Å². The Morgan fingerprint density at radius 2 is 2.11 bits per heavy atom. The van der Waals surface area contributed by atoms with E-state index in [0.29, 0.717) is 5.56 Å². The Kier molecular flexibility index (Phi) is 3.71. The van der Waals surface area contributed by atoms with Crippen LogP contribution in [0.25, 0.3) is 0 Å². The maximum Gasteiger partial charge on any atom is 0.152 e. The molecule has 0 amide bonds. The van der Waals surface area contributed by atoms with Gasteiger partial charge in [0.05, 0.1) is 0 Å². The minimum absolute atomic E-state index is 0.157. The van der Waals surface area contributed by atoms with E-state index >= 15 is 0 Å². The van der Waals surface area contributed by atoms with Gasteiger partial charge in [-0.2, -0.15) is 5.26 Å². The van der Waals surface area contributed by atoms with Crippen molar-refractivity contribution in [3.63, 3.8) is 0 Å². The van der Waals surface area contributed by atoms with Gasteiger partial charge in [-0.05, 0) is 36.2 Å². The van der Waals surface area contributed by atoms with E-state index < -0.39 is 11.6 Å². The van der Waals surface area contributed by atoms with E-state index in [9.17, 15) is 8.78 Å². The quantitative estimate of drug-likeness (QED) is 0.921. The molecule has 0 saturated heterocycles. The summed E-state index contributed by atoms with van der Waals surface area (Å²) in [6.45, 7) is 1.79. The fourth-order valence-electron chi connectivity index (χ4n) is 1.65. The molecular formula is C14H11F2N3. The standard InChI is InChI=1S/C14H11F2N3/c1-9-2-3-12(15)14(13(9)16)19-8-10-4-5-18-11(6-10)7-17/h2-6,19H,8H2,1H3. The molecule has 5 heteroatoms. The van der Waals surface area contributed by atoms with Crippen molar-refractivity contribution in [1.29, 1.82) is 5.26 Å². The lowest BCUT2D eigenvalue weighted by molar-refractivity contribution is 0.582. The first-order valence-corrected chi connectivity index (χ1v) is 5.65. The number of aromatic nitrogens is 1. The Morgan fingerprint density at radius 1 is 1.32 bits per heavy atom. The molecule has 96 valence electrons. The fourth-order valence-corrected chi connectivity index (χ4v) is 1.65. The maximum atomic E-state index is 13.7. The van der Waals surface area contributed by atoms with Crippen LogP contribution in [0.3, 0.4) is 0 Å². The van der Waals surface area contributed by atoms with Gasteiger partial charge in [-0.1, -0.05) is 6.07 Å². The van der Waals surface area contributed by atoms with E-state index in [2.05, 4.69) is 10.3 Å². The molecule has 2 rings (SSSR count). The molecule has 0 unspecified atom stereocenters. The van der Waals surface area contributed by atoms with Gasteiger partial charge in [0.25, 0.3) is 0 Å². The predicted molar refractivity (Wildman–Crippen MR) is 67.4 cm³/mol. The predicted octanol–water partition coefficient (Wildman–Crippen LogP) is 3.15. The molecule has 0 aliphatic heterocycles. The van der Waals surface area contributed by atoms with Crippen molar-refractivity contribution in [2.24, 2.45) is 0 Å². The van der Waals surface area contributed by atoms with Gasteiger partial charge in [0.2, 0.25) is 0 Å². The zero-order valence-corrected chi connectivity index (χ0v) is 10.2. The second kappa shape index (κ2) is 5.44. The summed E-state index contributed by atoms with van der Waals surface area (Å²) in [7, 11) is 0. The summed E-state index contributed by atoms with van der Waals surface area (Å²) in [5, 5.41) is 11.4. The zero-order chi connectivity index (χ0) is 13.8. The van der Waals surface area contributed by atoms with Crippen LogP contribution in [0.15, 0.2) is 30.5 Å². The monoisotopic (exact) mass is 259 g/mol. The van der Waals surface area contributed by atoms with Crippen LogP contribution in [0.5, 0.6) is 0 Å². The Bertz CT molecular complexity index is 648. The van der Waals surface area contributed by atoms with Crippen molar-refractivity contribution in [2.45, 2.75) is 13.5 Å². The third kappa shape index (κ3) is 2.86. The third-order valence-electron chi connectivity index (χ3n) is 2.69. The highest BCUT2D eigenvalue weighted by Crippen LogP contribution is 2.22. The Hall–Kier alpha value is -2.48. The largest absolute Gasteiger partial charge is 0.376 e. The van der Waals surface area contributed by atoms with E-state index in [1.165, 1.54) is 18.3 Å². The molecule has 0 atom stereocenters. The molecule has 0 aliphatic carbocycles. The molecule has 1 N–H and O–H groups in total. The first-order chi connectivity index (χ1) is 9.11. The minimum Gasteiger partial charge on any atom is -0.376 e. The van der Waals surface area contributed by atoms with Gasteiger partial charge in [0.15, 0.2) is 5.82 Å². The van der Waals surface area contributed by atoms with Crippen LogP contribution < -0.4 is 5.32 Å². The number of benzene rings is 1. The highest BCUT2D eigenvalue weighted by atomic mass is 19.1. The summed E-state index contributed by atoms with van der Waals surface area (Å²) in [6, 6.07) is 7.76. The van der Waals surface area contributed by atoms with Crippen LogP contribution in [0.1, 0.15) is 16.8 Å². The van der Waals surface area contributed by atoms with Crippen LogP contribution in [0.2, 0.25) is 0 Å². The highest BCUT2D eigenvalue weighted by molar-refractivity contribution is 5.49. The molecule has 2 aromatic rings. The number of halogens is 2. The summed E-state index contributed by atoms with van der Waals surface area (Å²) < 4.78 is 27.3. The summed E-state index contributed by atoms with van der Waals surface area (Å²) >= 11 is 0. The number of rotatable bonds is 3. The van der Waals surface area contributed by atoms with E-state index in [0.717, 1.165) is 5.56 Å². The van der Waals surface area contributed by atoms with Crippen molar-refractivity contribution in [2.75, 3.05) is 5.32 Å². The molecule has 1 aromatic carbocycles. The first-order valence-electron chi connectivity index (χ1n) is 5.65. The van der Waals surface area contributed by atoms with Crippen molar-refractivity contribution >= 4 is 5.69 Å². The number of hydrogen-bond acceptors (Lipinski definition) is 3. The van der Waals surface area contributed by atoms with Gasteiger partial charge < -0.3 is 5.32 Å². The molecule has 0 fully saturated rings. The van der Waals surface area contributed by atoms with Gasteiger partial charge in [-0.25, -0.2) is 13.8 Å². The van der Waals surface area contributed by atoms with Gasteiger partial charge in [-0.15, -0.1) is 0 Å². The maximum absolute atomic E-state index is 13.7. The van der Waals surface area contributed by atoms with Gasteiger partial charge in [0.1, 0.15) is 23.3 Å². The summed E-state index contributed by atoms with van der Waals surface area (Å²) in [5.41, 5.74) is 1.21. The lowest BCUT2D eigenvalue weighted by atomic mass is 10.2. The molecule has 0 radical (unpaired) electrons. The van der Waals surface area contributed by atoms with Crippen molar-refractivity contribution in [1.82, 2.24) is 4.98 Å². The number of pyridine rings is 1. The molecule has 19 heavy (non-hydrogen) atoms. The average molecular weight is 259 g/mol. The minimum atomic E-state index is -0.641. The highest BCUT2D eigenvalue weighted by Gasteiger charge is 2.10. The van der Waals surface area contributed by atoms with Gasteiger partial charge in [0, 0.05) is 12.7 Å². The number of nitrogens with one attached hydrogen (secondary N) is 1. The molecule has 3 nitrogen and oxygen atoms in total. The topological polar surface area (TPSA) is 48.7 Å². The van der Waals surface area contributed by atoms with Crippen LogP contribution >= 0.6 is 0 Å². The van der Waals surface area contributed by atoms with Gasteiger partial charge in [-0.3, -0.25) is 0 Å². The second-order valence-corrected chi connectivity index (χ2v) is 4.07. The van der Waals surface area contributed by atoms with Crippen molar-refractivity contribution in [3.05, 3.63) is 58.9 Å². The van der Waals surface area contributed by atoms with E-state index in [4.69, 9.17) is 5.26 Å². The van der Waals surface area contributed by atoms with E-state index in [1.54, 1.807) is 19.1 Å². The van der Waals surface area contributed by atoms with Crippen LogP contribution in [-0.2, 0) is 6.54 Å². The summed E-state index contributed by atoms with van der Waals surface area (Å²) in [6.07, 6.45) is 1.48. The number of anilines is 1. The van der Waals surface area contributed by atoms with E-state index in [-0.39, 0.29) is 17.9 Å². The number of nitriles is 1. The third-order valence-corrected chi connectivity index (χ3v) is 2.69. The van der Waals surface area contributed by atoms with Crippen molar-refractivity contribution in [3.8, 4) is 6.07 Å². The SMILES string of the molecule is Cc1ccc(F)c(NCc2ccnc(C#N)c2)c1F. The molecule has 1 heterocycles. The number of nitrogens with zero attached hydrogens (tertiary/aromatic N) is 2. The Balaban J connectivity index is 2.19. The fraction of sp³-hybridized carbons (Fsp3) is 0.143. The smallest absolute Gasteiger partial charge is 0.152 e. The number of aryl methyl sites for hydroxylation is 1. The summed E-state index contributed by atoms with van der Waals surface area (Å²) in [5.74, 6) is -1.24. The van der Waals surface area contributed by atoms with Crippen molar-refractivity contribution < 1.29 is 8.78 Å². The van der Waals surface area contributed by atoms with Gasteiger partial charge >= 0.3 is 0 Å². The molecule has 0 saturated carbocycles. The van der Waals surface area contributed by atoms with Crippen LogP contribution in [0.4, 0.5) is 14.5 Å². The number of hydrogen-bond donors (Lipinski definition) is 1. The second-order valence-electron chi connectivity index (χ2n) is 4.07. The van der Waals surface area contributed by atoms with E-state index in [1.807, 2.05) is 6.07 Å². The molecule has 0 spiro atoms. The average Bonchev–Trinajstić information content (AvgIpc) is 2.43. The molecular weight excluding hydrogens is 248 g/mol. The Morgan fingerprint density at radius 3 is 2.84 bits per heavy atom. The zero-order valence-electron chi connectivity index (χ0n) is 10.2. The lowest BCUT2D eigenvalue weighted by Crippen LogP contribution is -2.05. The Labute approximate surface area is 109 Å².